The van der Waals surface area contributed by atoms with E-state index in [1.807, 2.05) is 6.07 Å². The number of alkyl halides is 3. The Morgan fingerprint density at radius 3 is 2.39 bits per heavy atom. The summed E-state index contributed by atoms with van der Waals surface area (Å²) in [5, 5.41) is 11.2. The molecule has 38 heavy (non-hydrogen) atoms. The lowest BCUT2D eigenvalue weighted by molar-refractivity contribution is -0.192. The molecule has 7 rings (SSSR count). The molecule has 11 heteroatoms. The minimum absolute atomic E-state index is 0.0528. The minimum atomic E-state index is -5.08. The van der Waals surface area contributed by atoms with E-state index in [2.05, 4.69) is 17.2 Å². The number of halogens is 4. The van der Waals surface area contributed by atoms with Crippen LogP contribution in [0.4, 0.5) is 17.6 Å². The van der Waals surface area contributed by atoms with Crippen molar-refractivity contribution in [2.75, 3.05) is 13.7 Å². The summed E-state index contributed by atoms with van der Waals surface area (Å²) in [5.41, 5.74) is 1.13. The van der Waals surface area contributed by atoms with E-state index in [0.717, 1.165) is 49.6 Å². The highest BCUT2D eigenvalue weighted by molar-refractivity contribution is 5.84. The summed E-state index contributed by atoms with van der Waals surface area (Å²) < 4.78 is 57.0. The van der Waals surface area contributed by atoms with Gasteiger partial charge in [0.1, 0.15) is 11.6 Å². The smallest absolute Gasteiger partial charge is 0.490 e. The Kier molecular flexibility index (Phi) is 6.56. The number of hydrogen-bond acceptors (Lipinski definition) is 5. The van der Waals surface area contributed by atoms with Crippen LogP contribution in [0.25, 0.3) is 10.9 Å². The van der Waals surface area contributed by atoms with E-state index in [-0.39, 0.29) is 29.3 Å². The van der Waals surface area contributed by atoms with Gasteiger partial charge in [0.2, 0.25) is 5.91 Å². The van der Waals surface area contributed by atoms with Crippen molar-refractivity contribution in [2.24, 2.45) is 29.1 Å². The van der Waals surface area contributed by atoms with Crippen molar-refractivity contribution >= 4 is 22.8 Å². The second-order valence-corrected chi connectivity index (χ2v) is 11.4. The van der Waals surface area contributed by atoms with Gasteiger partial charge < -0.3 is 19.9 Å². The number of nitrogens with zero attached hydrogens (tertiary/aromatic N) is 1. The average molecular weight is 539 g/mol. The van der Waals surface area contributed by atoms with Gasteiger partial charge in [0.15, 0.2) is 0 Å². The normalized spacial score (nSPS) is 33.1. The molecule has 1 aromatic heterocycles. The molecule has 7 nitrogen and oxygen atoms in total. The predicted octanol–water partition coefficient (Wildman–Crippen LogP) is 4.73. The van der Waals surface area contributed by atoms with E-state index in [1.54, 1.807) is 19.4 Å². The Morgan fingerprint density at radius 2 is 1.82 bits per heavy atom. The van der Waals surface area contributed by atoms with Gasteiger partial charge in [-0.15, -0.1) is 0 Å². The molecule has 2 aromatic rings. The van der Waals surface area contributed by atoms with E-state index in [1.165, 1.54) is 12.1 Å². The molecule has 5 saturated carbocycles. The van der Waals surface area contributed by atoms with Crippen molar-refractivity contribution in [1.82, 2.24) is 10.3 Å². The van der Waals surface area contributed by atoms with Crippen LogP contribution in [0.3, 0.4) is 0 Å². The largest absolute Gasteiger partial charge is 0.490 e. The lowest BCUT2D eigenvalue weighted by Crippen LogP contribution is -2.76. The number of amides is 1. The SMILES string of the molecule is COCC12CC(NC(=O)C(C)C3[C@H]4CC(Oc5ccnc6ccc(F)cc56)C[C@@H]34)(C1)C2.O=C(O)C(F)(F)F. The highest BCUT2D eigenvalue weighted by atomic mass is 19.4. The van der Waals surface area contributed by atoms with Crippen LogP contribution < -0.4 is 10.1 Å². The first kappa shape index (κ1) is 26.6. The number of ether oxygens (including phenoxy) is 2. The van der Waals surface area contributed by atoms with Gasteiger partial charge >= 0.3 is 12.1 Å². The Hall–Kier alpha value is -2.95. The molecule has 5 aliphatic carbocycles. The van der Waals surface area contributed by atoms with E-state index >= 15 is 0 Å². The van der Waals surface area contributed by atoms with Gasteiger partial charge in [-0.25, -0.2) is 9.18 Å². The maximum absolute atomic E-state index is 13.7. The summed E-state index contributed by atoms with van der Waals surface area (Å²) in [6.07, 6.45) is 1.90. The average Bonchev–Trinajstić information content (AvgIpc) is 3.30. The molecule has 1 aromatic carbocycles. The van der Waals surface area contributed by atoms with Crippen molar-refractivity contribution in [1.29, 1.82) is 0 Å². The fourth-order valence-electron chi connectivity index (χ4n) is 7.20. The lowest BCUT2D eigenvalue weighted by atomic mass is 9.39. The van der Waals surface area contributed by atoms with Crippen LogP contribution in [0.15, 0.2) is 30.5 Å². The Labute approximate surface area is 216 Å². The van der Waals surface area contributed by atoms with Gasteiger partial charge in [0.25, 0.3) is 0 Å². The molecule has 5 fully saturated rings. The van der Waals surface area contributed by atoms with Gasteiger partial charge in [-0.1, -0.05) is 6.92 Å². The number of benzene rings is 1. The molecule has 0 radical (unpaired) electrons. The van der Waals surface area contributed by atoms with E-state index in [0.29, 0.717) is 28.9 Å². The van der Waals surface area contributed by atoms with Gasteiger partial charge in [-0.3, -0.25) is 9.78 Å². The summed E-state index contributed by atoms with van der Waals surface area (Å²) in [5.74, 6) is -0.480. The molecular formula is C27H30F4N2O5. The van der Waals surface area contributed by atoms with Crippen LogP contribution in [-0.2, 0) is 14.3 Å². The minimum Gasteiger partial charge on any atom is -0.490 e. The number of hydrogen-bond donors (Lipinski definition) is 2. The fraction of sp³-hybridized carbons (Fsp3) is 0.593. The molecule has 2 bridgehead atoms. The van der Waals surface area contributed by atoms with E-state index in [4.69, 9.17) is 19.4 Å². The number of carbonyl (C=O) groups excluding carboxylic acids is 1. The molecule has 2 N–H and O–H groups in total. The summed E-state index contributed by atoms with van der Waals surface area (Å²) in [7, 11) is 1.76. The summed E-state index contributed by atoms with van der Waals surface area (Å²) in [6, 6.07) is 6.41. The summed E-state index contributed by atoms with van der Waals surface area (Å²) in [4.78, 5) is 26.1. The quantitative estimate of drug-likeness (QED) is 0.495. The zero-order chi connectivity index (χ0) is 27.5. The number of nitrogens with one attached hydrogen (secondary N) is 1. The molecule has 3 unspecified atom stereocenters. The highest BCUT2D eigenvalue weighted by Gasteiger charge is 2.69. The van der Waals surface area contributed by atoms with Crippen molar-refractivity contribution in [2.45, 2.75) is 56.8 Å². The van der Waals surface area contributed by atoms with Crippen LogP contribution in [0.1, 0.15) is 39.0 Å². The summed E-state index contributed by atoms with van der Waals surface area (Å²) >= 11 is 0. The van der Waals surface area contributed by atoms with Crippen LogP contribution in [0.5, 0.6) is 5.75 Å². The van der Waals surface area contributed by atoms with Crippen LogP contribution in [0.2, 0.25) is 0 Å². The molecule has 1 heterocycles. The Morgan fingerprint density at radius 1 is 1.18 bits per heavy atom. The number of rotatable bonds is 7. The standard InChI is InChI=1S/C25H29FN2O3.C2HF3O2/c1-14(23(29)28-25-10-24(11-25,12-25)13-30-2)22-17-8-16(9-18(17)22)31-21-5-6-27-20-4-3-15(26)7-19(20)21;3-2(4,5)1(6)7/h3-7,14,16-18,22H,8-13H2,1-2H3,(H,28,29);(H,6,7)/t14?,16?,17-,18+,22?,24?,25?;. The van der Waals surface area contributed by atoms with Crippen molar-refractivity contribution in [3.8, 4) is 5.75 Å². The Balaban J connectivity index is 0.000000374. The molecule has 206 valence electrons. The first-order valence-electron chi connectivity index (χ1n) is 12.7. The van der Waals surface area contributed by atoms with Crippen LogP contribution in [-0.4, -0.2) is 53.5 Å². The maximum Gasteiger partial charge on any atom is 0.490 e. The number of pyridine rings is 1. The van der Waals surface area contributed by atoms with Gasteiger partial charge in [0.05, 0.1) is 18.2 Å². The van der Waals surface area contributed by atoms with Gasteiger partial charge in [-0.05, 0) is 74.1 Å². The number of carboxylic acid groups (broad SMARTS) is 1. The molecule has 0 aliphatic heterocycles. The number of carbonyl (C=O) groups is 2. The third kappa shape index (κ3) is 4.92. The summed E-state index contributed by atoms with van der Waals surface area (Å²) in [6.45, 7) is 2.90. The molecule has 1 amide bonds. The van der Waals surface area contributed by atoms with Crippen molar-refractivity contribution < 1.29 is 41.7 Å². The number of fused-ring (bicyclic) bond motifs is 2. The number of methoxy groups -OCH3 is 1. The zero-order valence-electron chi connectivity index (χ0n) is 21.1. The second kappa shape index (κ2) is 9.36. The van der Waals surface area contributed by atoms with Crippen molar-refractivity contribution in [3.05, 3.63) is 36.3 Å². The molecule has 0 saturated heterocycles. The van der Waals surface area contributed by atoms with Crippen molar-refractivity contribution in [3.63, 3.8) is 0 Å². The Bertz CT molecular complexity index is 1220. The third-order valence-corrected chi connectivity index (χ3v) is 8.64. The lowest BCUT2D eigenvalue weighted by Gasteiger charge is -2.70. The van der Waals surface area contributed by atoms with Crippen LogP contribution >= 0.6 is 0 Å². The number of aromatic nitrogens is 1. The third-order valence-electron chi connectivity index (χ3n) is 8.64. The first-order valence-corrected chi connectivity index (χ1v) is 12.7. The first-order chi connectivity index (χ1) is 17.9. The number of aliphatic carboxylic acids is 1. The monoisotopic (exact) mass is 538 g/mol. The fourth-order valence-corrected chi connectivity index (χ4v) is 7.20. The second-order valence-electron chi connectivity index (χ2n) is 11.4. The van der Waals surface area contributed by atoms with E-state index in [9.17, 15) is 22.4 Å². The van der Waals surface area contributed by atoms with Gasteiger partial charge in [0, 0.05) is 35.6 Å². The predicted molar refractivity (Wildman–Crippen MR) is 128 cm³/mol. The van der Waals surface area contributed by atoms with E-state index < -0.39 is 12.1 Å². The number of carboxylic acids is 1. The van der Waals surface area contributed by atoms with Gasteiger partial charge in [-0.2, -0.15) is 13.2 Å². The molecule has 0 spiro atoms. The maximum atomic E-state index is 13.7. The molecule has 5 aliphatic rings. The van der Waals surface area contributed by atoms with Crippen LogP contribution in [0, 0.1) is 34.9 Å². The highest BCUT2D eigenvalue weighted by Crippen LogP contribution is 2.67. The zero-order valence-corrected chi connectivity index (χ0v) is 21.1. The molecular weight excluding hydrogens is 508 g/mol. The topological polar surface area (TPSA) is 97.8 Å². The molecule has 5 atom stereocenters.